The summed E-state index contributed by atoms with van der Waals surface area (Å²) in [5, 5.41) is 4.53. The maximum Gasteiger partial charge on any atom is 0.120 e. The summed E-state index contributed by atoms with van der Waals surface area (Å²) in [7, 11) is 0. The van der Waals surface area contributed by atoms with E-state index in [1.807, 2.05) is 19.1 Å². The van der Waals surface area contributed by atoms with Crippen molar-refractivity contribution in [3.8, 4) is 0 Å². The monoisotopic (exact) mass is 236 g/mol. The van der Waals surface area contributed by atoms with Gasteiger partial charge in [-0.1, -0.05) is 0 Å². The molecule has 0 saturated carbocycles. The van der Waals surface area contributed by atoms with E-state index in [0.717, 1.165) is 23.0 Å². The number of nitrogens with zero attached hydrogens (tertiary/aromatic N) is 1. The fourth-order valence-corrected chi connectivity index (χ4v) is 2.38. The van der Waals surface area contributed by atoms with Crippen LogP contribution >= 0.6 is 11.3 Å². The average molecular weight is 236 g/mol. The van der Waals surface area contributed by atoms with Crippen LogP contribution in [0, 0.1) is 13.8 Å². The maximum atomic E-state index is 5.33. The topological polar surface area (TPSA) is 38.1 Å². The molecule has 0 spiro atoms. The van der Waals surface area contributed by atoms with Crippen LogP contribution in [-0.4, -0.2) is 4.98 Å². The highest BCUT2D eigenvalue weighted by atomic mass is 32.1. The standard InChI is InChI=1S/C12H16N2OS/c1-8-10(3)16-12(14-8)7-13-9(2)11-5-4-6-15-11/h4-6,9,13H,7H2,1-3H3. The number of aryl methyl sites for hydroxylation is 2. The molecule has 0 aliphatic rings. The molecule has 4 heteroatoms. The van der Waals surface area contributed by atoms with E-state index in [-0.39, 0.29) is 6.04 Å². The van der Waals surface area contributed by atoms with Gasteiger partial charge in [-0.3, -0.25) is 0 Å². The zero-order valence-corrected chi connectivity index (χ0v) is 10.6. The molecule has 0 aliphatic heterocycles. The molecule has 16 heavy (non-hydrogen) atoms. The van der Waals surface area contributed by atoms with Crippen molar-refractivity contribution in [1.82, 2.24) is 10.3 Å². The summed E-state index contributed by atoms with van der Waals surface area (Å²) in [6.45, 7) is 7.03. The lowest BCUT2D eigenvalue weighted by Gasteiger charge is -2.09. The van der Waals surface area contributed by atoms with Crippen molar-refractivity contribution in [3.63, 3.8) is 0 Å². The van der Waals surface area contributed by atoms with Crippen LogP contribution in [0.25, 0.3) is 0 Å². The van der Waals surface area contributed by atoms with Gasteiger partial charge in [-0.2, -0.15) is 0 Å². The molecule has 0 saturated heterocycles. The molecule has 0 radical (unpaired) electrons. The van der Waals surface area contributed by atoms with Crippen molar-refractivity contribution < 1.29 is 4.42 Å². The molecule has 2 rings (SSSR count). The molecule has 2 aromatic heterocycles. The summed E-state index contributed by atoms with van der Waals surface area (Å²) in [6, 6.07) is 4.11. The van der Waals surface area contributed by atoms with E-state index in [1.54, 1.807) is 17.6 Å². The molecule has 0 bridgehead atoms. The highest BCUT2D eigenvalue weighted by molar-refractivity contribution is 7.11. The summed E-state index contributed by atoms with van der Waals surface area (Å²) in [5.41, 5.74) is 1.13. The summed E-state index contributed by atoms with van der Waals surface area (Å²) in [6.07, 6.45) is 1.70. The van der Waals surface area contributed by atoms with Crippen LogP contribution < -0.4 is 5.32 Å². The van der Waals surface area contributed by atoms with Gasteiger partial charge < -0.3 is 9.73 Å². The lowest BCUT2D eigenvalue weighted by molar-refractivity contribution is 0.430. The lowest BCUT2D eigenvalue weighted by atomic mass is 10.2. The quantitative estimate of drug-likeness (QED) is 0.885. The zero-order chi connectivity index (χ0) is 11.5. The second-order valence-electron chi connectivity index (χ2n) is 3.87. The first-order valence-corrected chi connectivity index (χ1v) is 6.18. The van der Waals surface area contributed by atoms with E-state index in [4.69, 9.17) is 4.42 Å². The average Bonchev–Trinajstić information content (AvgIpc) is 2.86. The van der Waals surface area contributed by atoms with Gasteiger partial charge in [0.2, 0.25) is 0 Å². The van der Waals surface area contributed by atoms with Gasteiger partial charge in [0.25, 0.3) is 0 Å². The molecule has 0 aromatic carbocycles. The summed E-state index contributed by atoms with van der Waals surface area (Å²) in [5.74, 6) is 0.963. The Hall–Kier alpha value is -1.13. The van der Waals surface area contributed by atoms with Gasteiger partial charge in [-0.25, -0.2) is 4.98 Å². The Bertz CT molecular complexity index is 428. The van der Waals surface area contributed by atoms with Gasteiger partial charge in [0, 0.05) is 11.4 Å². The van der Waals surface area contributed by atoms with Crippen LogP contribution in [0.3, 0.4) is 0 Å². The van der Waals surface area contributed by atoms with Gasteiger partial charge in [0.1, 0.15) is 10.8 Å². The molecule has 86 valence electrons. The number of rotatable bonds is 4. The highest BCUT2D eigenvalue weighted by Gasteiger charge is 2.09. The third kappa shape index (κ3) is 2.51. The van der Waals surface area contributed by atoms with Crippen LogP contribution in [0.4, 0.5) is 0 Å². The van der Waals surface area contributed by atoms with Crippen molar-refractivity contribution >= 4 is 11.3 Å². The van der Waals surface area contributed by atoms with Crippen LogP contribution in [-0.2, 0) is 6.54 Å². The predicted octanol–water partition coefficient (Wildman–Crippen LogP) is 3.20. The third-order valence-electron chi connectivity index (χ3n) is 2.60. The van der Waals surface area contributed by atoms with Crippen LogP contribution in [0.2, 0.25) is 0 Å². The predicted molar refractivity (Wildman–Crippen MR) is 65.6 cm³/mol. The number of nitrogens with one attached hydrogen (secondary N) is 1. The van der Waals surface area contributed by atoms with Crippen molar-refractivity contribution in [1.29, 1.82) is 0 Å². The first-order valence-electron chi connectivity index (χ1n) is 5.36. The number of hydrogen-bond donors (Lipinski definition) is 1. The summed E-state index contributed by atoms with van der Waals surface area (Å²) >= 11 is 1.75. The Labute approximate surface area is 99.5 Å². The van der Waals surface area contributed by atoms with E-state index in [2.05, 4.69) is 24.1 Å². The minimum atomic E-state index is 0.222. The maximum absolute atomic E-state index is 5.33. The van der Waals surface area contributed by atoms with Gasteiger partial charge >= 0.3 is 0 Å². The minimum absolute atomic E-state index is 0.222. The summed E-state index contributed by atoms with van der Waals surface area (Å²) in [4.78, 5) is 5.78. The van der Waals surface area contributed by atoms with E-state index < -0.39 is 0 Å². The van der Waals surface area contributed by atoms with Crippen molar-refractivity contribution in [2.45, 2.75) is 33.4 Å². The van der Waals surface area contributed by atoms with E-state index in [9.17, 15) is 0 Å². The van der Waals surface area contributed by atoms with Gasteiger partial charge in [-0.05, 0) is 32.9 Å². The molecule has 1 atom stereocenters. The molecular weight excluding hydrogens is 220 g/mol. The van der Waals surface area contributed by atoms with Crippen molar-refractivity contribution in [3.05, 3.63) is 39.7 Å². The lowest BCUT2D eigenvalue weighted by Crippen LogP contribution is -2.17. The van der Waals surface area contributed by atoms with E-state index in [1.165, 1.54) is 4.88 Å². The number of hydrogen-bond acceptors (Lipinski definition) is 4. The Morgan fingerprint density at radius 3 is 2.88 bits per heavy atom. The van der Waals surface area contributed by atoms with Crippen LogP contribution in [0.1, 0.15) is 34.3 Å². The minimum Gasteiger partial charge on any atom is -0.468 e. The SMILES string of the molecule is Cc1nc(CNC(C)c2ccco2)sc1C. The van der Waals surface area contributed by atoms with Crippen LogP contribution in [0.5, 0.6) is 0 Å². The molecule has 0 amide bonds. The molecule has 0 fully saturated rings. The zero-order valence-electron chi connectivity index (χ0n) is 9.78. The molecule has 2 aromatic rings. The largest absolute Gasteiger partial charge is 0.468 e. The first kappa shape index (κ1) is 11.4. The smallest absolute Gasteiger partial charge is 0.120 e. The normalized spacial score (nSPS) is 12.9. The number of thiazole rings is 1. The van der Waals surface area contributed by atoms with Crippen LogP contribution in [0.15, 0.2) is 22.8 Å². The Morgan fingerprint density at radius 2 is 2.31 bits per heavy atom. The van der Waals surface area contributed by atoms with Crippen molar-refractivity contribution in [2.75, 3.05) is 0 Å². The Morgan fingerprint density at radius 1 is 1.50 bits per heavy atom. The van der Waals surface area contributed by atoms with E-state index >= 15 is 0 Å². The highest BCUT2D eigenvalue weighted by Crippen LogP contribution is 2.18. The molecule has 1 N–H and O–H groups in total. The molecule has 0 aliphatic carbocycles. The molecule has 3 nitrogen and oxygen atoms in total. The molecule has 2 heterocycles. The second-order valence-corrected chi connectivity index (χ2v) is 5.15. The summed E-state index contributed by atoms with van der Waals surface area (Å²) < 4.78 is 5.33. The van der Waals surface area contributed by atoms with E-state index in [0.29, 0.717) is 0 Å². The second kappa shape index (κ2) is 4.80. The van der Waals surface area contributed by atoms with Gasteiger partial charge in [-0.15, -0.1) is 11.3 Å². The van der Waals surface area contributed by atoms with Gasteiger partial charge in [0.05, 0.1) is 18.0 Å². The van der Waals surface area contributed by atoms with Crippen molar-refractivity contribution in [2.24, 2.45) is 0 Å². The molecule has 1 unspecified atom stereocenters. The Balaban J connectivity index is 1.92. The number of furan rings is 1. The third-order valence-corrected chi connectivity index (χ3v) is 3.68. The number of aromatic nitrogens is 1. The van der Waals surface area contributed by atoms with Gasteiger partial charge in [0.15, 0.2) is 0 Å². The fourth-order valence-electron chi connectivity index (χ4n) is 1.49. The molecular formula is C12H16N2OS. The Kier molecular flexibility index (Phi) is 3.41. The fraction of sp³-hybridized carbons (Fsp3) is 0.417. The first-order chi connectivity index (χ1) is 7.66.